The van der Waals surface area contributed by atoms with Gasteiger partial charge in [0, 0.05) is 0 Å². The van der Waals surface area contributed by atoms with Crippen LogP contribution in [0.5, 0.6) is 23.0 Å². The zero-order valence-electron chi connectivity index (χ0n) is 19.1. The first-order chi connectivity index (χ1) is 15.1. The normalized spacial score (nSPS) is 11.6. The minimum absolute atomic E-state index is 0.381. The Hall–Kier alpha value is -3.14. The molecule has 4 nitrogen and oxygen atoms in total. The van der Waals surface area contributed by atoms with Gasteiger partial charge in [0.2, 0.25) is 0 Å². The summed E-state index contributed by atoms with van der Waals surface area (Å²) in [6.07, 6.45) is 2.90. The molecule has 0 fully saturated rings. The highest BCUT2D eigenvalue weighted by atomic mass is 16.5. The highest BCUT2D eigenvalue weighted by Gasteiger charge is 2.16. The summed E-state index contributed by atoms with van der Waals surface area (Å²) in [5.74, 6) is 3.43. The molecule has 1 unspecified atom stereocenters. The van der Waals surface area contributed by atoms with Gasteiger partial charge in [-0.3, -0.25) is 0 Å². The largest absolute Gasteiger partial charge is 0.493 e. The Balaban J connectivity index is 1.84. The van der Waals surface area contributed by atoms with E-state index in [1.807, 2.05) is 12.1 Å². The fourth-order valence-electron chi connectivity index (χ4n) is 3.98. The maximum absolute atomic E-state index is 5.51. The number of benzene rings is 3. The van der Waals surface area contributed by atoms with E-state index in [0.29, 0.717) is 5.92 Å². The molecule has 0 spiro atoms. The molecule has 0 aromatic heterocycles. The van der Waals surface area contributed by atoms with Crippen molar-refractivity contribution >= 4 is 0 Å². The molecule has 4 heteroatoms. The van der Waals surface area contributed by atoms with Gasteiger partial charge in [-0.1, -0.05) is 42.0 Å². The monoisotopic (exact) mass is 420 g/mol. The lowest BCUT2D eigenvalue weighted by Crippen LogP contribution is -2.06. The molecule has 0 aliphatic rings. The smallest absolute Gasteiger partial charge is 0.160 e. The SMILES string of the molecule is COc1ccc(CCC(Cc2ccc(OC)c(OC)c2)c2cccc(C)c2)cc1OC. The molecule has 3 aromatic carbocycles. The van der Waals surface area contributed by atoms with Gasteiger partial charge in [0.25, 0.3) is 0 Å². The first-order valence-corrected chi connectivity index (χ1v) is 10.6. The molecule has 31 heavy (non-hydrogen) atoms. The molecular weight excluding hydrogens is 388 g/mol. The topological polar surface area (TPSA) is 36.9 Å². The van der Waals surface area contributed by atoms with E-state index in [2.05, 4.69) is 55.5 Å². The van der Waals surface area contributed by atoms with Crippen molar-refractivity contribution in [1.29, 1.82) is 0 Å². The van der Waals surface area contributed by atoms with E-state index < -0.39 is 0 Å². The van der Waals surface area contributed by atoms with Crippen molar-refractivity contribution in [3.63, 3.8) is 0 Å². The van der Waals surface area contributed by atoms with E-state index in [1.165, 1.54) is 22.3 Å². The summed E-state index contributed by atoms with van der Waals surface area (Å²) in [7, 11) is 6.68. The summed E-state index contributed by atoms with van der Waals surface area (Å²) in [5.41, 5.74) is 5.11. The average molecular weight is 421 g/mol. The van der Waals surface area contributed by atoms with Crippen molar-refractivity contribution < 1.29 is 18.9 Å². The molecule has 0 aliphatic heterocycles. The number of aryl methyl sites for hydroxylation is 2. The number of hydrogen-bond donors (Lipinski definition) is 0. The van der Waals surface area contributed by atoms with E-state index in [9.17, 15) is 0 Å². The van der Waals surface area contributed by atoms with Crippen LogP contribution in [-0.2, 0) is 12.8 Å². The molecule has 0 N–H and O–H groups in total. The first kappa shape index (κ1) is 22.5. The lowest BCUT2D eigenvalue weighted by Gasteiger charge is -2.20. The van der Waals surface area contributed by atoms with Crippen LogP contribution < -0.4 is 18.9 Å². The van der Waals surface area contributed by atoms with Crippen molar-refractivity contribution in [3.05, 3.63) is 82.9 Å². The minimum Gasteiger partial charge on any atom is -0.493 e. The zero-order valence-corrected chi connectivity index (χ0v) is 19.1. The van der Waals surface area contributed by atoms with E-state index >= 15 is 0 Å². The van der Waals surface area contributed by atoms with Gasteiger partial charge in [-0.2, -0.15) is 0 Å². The minimum atomic E-state index is 0.381. The predicted octanol–water partition coefficient (Wildman–Crippen LogP) is 5.99. The summed E-state index contributed by atoms with van der Waals surface area (Å²) in [4.78, 5) is 0. The Morgan fingerprint density at radius 1 is 0.645 bits per heavy atom. The molecule has 0 heterocycles. The van der Waals surface area contributed by atoms with Gasteiger partial charge in [0.05, 0.1) is 28.4 Å². The molecule has 0 bridgehead atoms. The fraction of sp³-hybridized carbons (Fsp3) is 0.333. The lowest BCUT2D eigenvalue weighted by molar-refractivity contribution is 0.354. The van der Waals surface area contributed by atoms with Gasteiger partial charge in [0.15, 0.2) is 23.0 Å². The third-order valence-electron chi connectivity index (χ3n) is 5.67. The van der Waals surface area contributed by atoms with Crippen LogP contribution in [0, 0.1) is 6.92 Å². The quantitative estimate of drug-likeness (QED) is 0.404. The molecule has 3 aromatic rings. The number of ether oxygens (including phenoxy) is 4. The van der Waals surface area contributed by atoms with Gasteiger partial charge < -0.3 is 18.9 Å². The predicted molar refractivity (Wildman–Crippen MR) is 125 cm³/mol. The van der Waals surface area contributed by atoms with E-state index in [-0.39, 0.29) is 0 Å². The Morgan fingerprint density at radius 2 is 1.23 bits per heavy atom. The van der Waals surface area contributed by atoms with Crippen molar-refractivity contribution in [1.82, 2.24) is 0 Å². The maximum Gasteiger partial charge on any atom is 0.160 e. The zero-order chi connectivity index (χ0) is 22.2. The number of rotatable bonds is 10. The summed E-state index contributed by atoms with van der Waals surface area (Å²) in [5, 5.41) is 0. The second-order valence-corrected chi connectivity index (χ2v) is 7.73. The molecule has 164 valence electrons. The van der Waals surface area contributed by atoms with Crippen LogP contribution in [-0.4, -0.2) is 28.4 Å². The van der Waals surface area contributed by atoms with Crippen LogP contribution in [0.3, 0.4) is 0 Å². The van der Waals surface area contributed by atoms with Gasteiger partial charge in [-0.25, -0.2) is 0 Å². The van der Waals surface area contributed by atoms with Gasteiger partial charge in [0.1, 0.15) is 0 Å². The average Bonchev–Trinajstić information content (AvgIpc) is 2.81. The number of methoxy groups -OCH3 is 4. The van der Waals surface area contributed by atoms with Crippen molar-refractivity contribution in [2.45, 2.75) is 32.1 Å². The molecule has 3 rings (SSSR count). The molecule has 0 radical (unpaired) electrons. The standard InChI is InChI=1S/C27H32O4/c1-19-7-6-8-22(15-19)23(16-21-11-14-25(29-3)27(18-21)31-5)12-9-20-10-13-24(28-2)26(17-20)30-4/h6-8,10-11,13-15,17-18,23H,9,12,16H2,1-5H3. The second-order valence-electron chi connectivity index (χ2n) is 7.73. The van der Waals surface area contributed by atoms with E-state index in [4.69, 9.17) is 18.9 Å². The molecule has 0 saturated carbocycles. The Labute approximate surface area is 185 Å². The Morgan fingerprint density at radius 3 is 1.81 bits per heavy atom. The lowest BCUT2D eigenvalue weighted by atomic mass is 9.86. The van der Waals surface area contributed by atoms with Crippen LogP contribution in [0.25, 0.3) is 0 Å². The molecule has 0 saturated heterocycles. The van der Waals surface area contributed by atoms with Crippen molar-refractivity contribution in [2.75, 3.05) is 28.4 Å². The first-order valence-electron chi connectivity index (χ1n) is 10.6. The highest BCUT2D eigenvalue weighted by molar-refractivity contribution is 5.44. The fourth-order valence-corrected chi connectivity index (χ4v) is 3.98. The van der Waals surface area contributed by atoms with Crippen molar-refractivity contribution in [3.8, 4) is 23.0 Å². The van der Waals surface area contributed by atoms with Crippen LogP contribution >= 0.6 is 0 Å². The third kappa shape index (κ3) is 5.72. The summed E-state index contributed by atoms with van der Waals surface area (Å²) in [6.45, 7) is 2.14. The Bertz CT molecular complexity index is 996. The van der Waals surface area contributed by atoms with Gasteiger partial charge >= 0.3 is 0 Å². The van der Waals surface area contributed by atoms with Gasteiger partial charge in [-0.05, 0) is 73.1 Å². The molecule has 1 atom stereocenters. The highest BCUT2D eigenvalue weighted by Crippen LogP contribution is 2.33. The Kier molecular flexibility index (Phi) is 7.82. The van der Waals surface area contributed by atoms with Crippen LogP contribution in [0.1, 0.15) is 34.6 Å². The molecule has 0 aliphatic carbocycles. The number of hydrogen-bond acceptors (Lipinski definition) is 4. The summed E-state index contributed by atoms with van der Waals surface area (Å²) in [6, 6.07) is 21.2. The maximum atomic E-state index is 5.51. The van der Waals surface area contributed by atoms with Crippen LogP contribution in [0.4, 0.5) is 0 Å². The van der Waals surface area contributed by atoms with Gasteiger partial charge in [-0.15, -0.1) is 0 Å². The van der Waals surface area contributed by atoms with Crippen molar-refractivity contribution in [2.24, 2.45) is 0 Å². The second kappa shape index (κ2) is 10.8. The molecular formula is C27H32O4. The van der Waals surface area contributed by atoms with E-state index in [1.54, 1.807) is 28.4 Å². The van der Waals surface area contributed by atoms with E-state index in [0.717, 1.165) is 42.3 Å². The van der Waals surface area contributed by atoms with Crippen LogP contribution in [0.15, 0.2) is 60.7 Å². The third-order valence-corrected chi connectivity index (χ3v) is 5.67. The van der Waals surface area contributed by atoms with Crippen LogP contribution in [0.2, 0.25) is 0 Å². The molecule has 0 amide bonds. The summed E-state index contributed by atoms with van der Waals surface area (Å²) >= 11 is 0. The summed E-state index contributed by atoms with van der Waals surface area (Å²) < 4.78 is 21.8.